The third-order valence-electron chi connectivity index (χ3n) is 2.11. The number of aromatic nitrogens is 2. The molecule has 5 heteroatoms. The molecule has 2 heterocycles. The van der Waals surface area contributed by atoms with Crippen LogP contribution in [-0.2, 0) is 0 Å². The summed E-state index contributed by atoms with van der Waals surface area (Å²) in [5.74, 6) is -0.915. The highest BCUT2D eigenvalue weighted by molar-refractivity contribution is 9.10. The number of hydrogen-bond donors (Lipinski definition) is 1. The zero-order valence-corrected chi connectivity index (χ0v) is 8.95. The van der Waals surface area contributed by atoms with E-state index in [-0.39, 0.29) is 0 Å². The van der Waals surface area contributed by atoms with E-state index in [1.807, 2.05) is 0 Å². The Kier molecular flexibility index (Phi) is 2.03. The molecule has 0 saturated carbocycles. The van der Waals surface area contributed by atoms with E-state index in [2.05, 4.69) is 20.9 Å². The Bertz CT molecular complexity index is 519. The van der Waals surface area contributed by atoms with Crippen molar-refractivity contribution in [2.24, 2.45) is 0 Å². The van der Waals surface area contributed by atoms with Crippen LogP contribution in [0.25, 0.3) is 5.52 Å². The molecule has 0 fully saturated rings. The van der Waals surface area contributed by atoms with Crippen molar-refractivity contribution in [3.63, 3.8) is 0 Å². The van der Waals surface area contributed by atoms with Crippen molar-refractivity contribution in [2.45, 2.75) is 6.92 Å². The number of carboxylic acids is 1. The van der Waals surface area contributed by atoms with Crippen LogP contribution in [0.2, 0.25) is 0 Å². The summed E-state index contributed by atoms with van der Waals surface area (Å²) < 4.78 is 2.47. The van der Waals surface area contributed by atoms with Crippen LogP contribution < -0.4 is 0 Å². The standard InChI is InChI=1S/C9H7BrN2O2/c1-5-7(9(13)14)2-6-3-11-8(10)4-12(5)6/h2-4H,1H3,(H,13,14). The first-order chi connectivity index (χ1) is 6.59. The number of aryl methyl sites for hydroxylation is 1. The van der Waals surface area contributed by atoms with Crippen molar-refractivity contribution in [2.75, 3.05) is 0 Å². The number of hydrogen-bond acceptors (Lipinski definition) is 2. The third-order valence-corrected chi connectivity index (χ3v) is 2.52. The molecule has 4 nitrogen and oxygen atoms in total. The van der Waals surface area contributed by atoms with E-state index < -0.39 is 5.97 Å². The first-order valence-electron chi connectivity index (χ1n) is 3.96. The molecule has 0 spiro atoms. The molecule has 0 unspecified atom stereocenters. The van der Waals surface area contributed by atoms with Gasteiger partial charge in [-0.05, 0) is 28.9 Å². The van der Waals surface area contributed by atoms with Crippen molar-refractivity contribution in [3.05, 3.63) is 34.3 Å². The second-order valence-electron chi connectivity index (χ2n) is 2.95. The van der Waals surface area contributed by atoms with Crippen LogP contribution in [0.5, 0.6) is 0 Å². The van der Waals surface area contributed by atoms with Crippen LogP contribution in [0.1, 0.15) is 16.1 Å². The van der Waals surface area contributed by atoms with Crippen molar-refractivity contribution in [1.82, 2.24) is 9.38 Å². The first kappa shape index (κ1) is 9.21. The highest BCUT2D eigenvalue weighted by atomic mass is 79.9. The molecule has 0 bridgehead atoms. The molecule has 0 aliphatic rings. The zero-order chi connectivity index (χ0) is 10.3. The van der Waals surface area contributed by atoms with Crippen LogP contribution in [0.3, 0.4) is 0 Å². The molecule has 0 aliphatic carbocycles. The van der Waals surface area contributed by atoms with E-state index in [0.717, 1.165) is 5.52 Å². The summed E-state index contributed by atoms with van der Waals surface area (Å²) in [6.07, 6.45) is 3.38. The molecule has 0 aliphatic heterocycles. The molecule has 2 aromatic rings. The maximum atomic E-state index is 10.8. The van der Waals surface area contributed by atoms with Gasteiger partial charge in [0.05, 0.1) is 17.3 Å². The molecule has 0 saturated heterocycles. The van der Waals surface area contributed by atoms with Crippen LogP contribution >= 0.6 is 15.9 Å². The van der Waals surface area contributed by atoms with Crippen molar-refractivity contribution in [3.8, 4) is 0 Å². The highest BCUT2D eigenvalue weighted by Gasteiger charge is 2.12. The van der Waals surface area contributed by atoms with E-state index in [4.69, 9.17) is 5.11 Å². The third kappa shape index (κ3) is 1.29. The lowest BCUT2D eigenvalue weighted by Gasteiger charge is -1.97. The van der Waals surface area contributed by atoms with Crippen molar-refractivity contribution in [1.29, 1.82) is 0 Å². The molecule has 14 heavy (non-hydrogen) atoms. The van der Waals surface area contributed by atoms with Crippen LogP contribution in [-0.4, -0.2) is 20.5 Å². The number of halogens is 1. The van der Waals surface area contributed by atoms with E-state index >= 15 is 0 Å². The van der Waals surface area contributed by atoms with Crippen molar-refractivity contribution < 1.29 is 9.90 Å². The molecule has 1 N–H and O–H groups in total. The molecule has 2 rings (SSSR count). The molecule has 0 radical (unpaired) electrons. The van der Waals surface area contributed by atoms with E-state index in [1.54, 1.807) is 29.8 Å². The maximum absolute atomic E-state index is 10.8. The van der Waals surface area contributed by atoms with Gasteiger partial charge in [0.15, 0.2) is 0 Å². The number of rotatable bonds is 1. The van der Waals surface area contributed by atoms with Gasteiger partial charge in [-0.2, -0.15) is 0 Å². The minimum Gasteiger partial charge on any atom is -0.478 e. The van der Waals surface area contributed by atoms with Gasteiger partial charge in [0.25, 0.3) is 0 Å². The maximum Gasteiger partial charge on any atom is 0.337 e. The van der Waals surface area contributed by atoms with Gasteiger partial charge in [0.1, 0.15) is 4.60 Å². The highest BCUT2D eigenvalue weighted by Crippen LogP contribution is 2.17. The number of carboxylic acid groups (broad SMARTS) is 1. The lowest BCUT2D eigenvalue weighted by molar-refractivity contribution is 0.0696. The molecular weight excluding hydrogens is 248 g/mol. The zero-order valence-electron chi connectivity index (χ0n) is 7.36. The normalized spacial score (nSPS) is 10.7. The summed E-state index contributed by atoms with van der Waals surface area (Å²) in [5, 5.41) is 8.89. The predicted molar refractivity (Wildman–Crippen MR) is 54.6 cm³/mol. The Balaban J connectivity index is 2.80. The molecule has 72 valence electrons. The smallest absolute Gasteiger partial charge is 0.337 e. The van der Waals surface area contributed by atoms with E-state index in [1.165, 1.54) is 0 Å². The van der Waals surface area contributed by atoms with E-state index in [0.29, 0.717) is 15.9 Å². The number of nitrogens with zero attached hydrogens (tertiary/aromatic N) is 2. The second kappa shape index (κ2) is 3.09. The fourth-order valence-electron chi connectivity index (χ4n) is 1.40. The Morgan fingerprint density at radius 3 is 3.00 bits per heavy atom. The van der Waals surface area contributed by atoms with Gasteiger partial charge in [0, 0.05) is 11.9 Å². The summed E-state index contributed by atoms with van der Waals surface area (Å²) in [6.45, 7) is 1.77. The topological polar surface area (TPSA) is 54.6 Å². The van der Waals surface area contributed by atoms with Gasteiger partial charge < -0.3 is 9.51 Å². The van der Waals surface area contributed by atoms with Gasteiger partial charge in [-0.1, -0.05) is 0 Å². The molecule has 2 aromatic heterocycles. The molecule has 0 amide bonds. The minimum absolute atomic E-state index is 0.310. The average Bonchev–Trinajstić information content (AvgIpc) is 2.44. The Hall–Kier alpha value is -1.36. The van der Waals surface area contributed by atoms with Crippen LogP contribution in [0.4, 0.5) is 0 Å². The summed E-state index contributed by atoms with van der Waals surface area (Å²) in [4.78, 5) is 14.9. The average molecular weight is 255 g/mol. The lowest BCUT2D eigenvalue weighted by atomic mass is 10.2. The lowest BCUT2D eigenvalue weighted by Crippen LogP contribution is -1.97. The van der Waals surface area contributed by atoms with Crippen LogP contribution in [0.15, 0.2) is 23.1 Å². The molecular formula is C9H7BrN2O2. The SMILES string of the molecule is Cc1c(C(=O)O)cc2cnc(Br)cn12. The summed E-state index contributed by atoms with van der Waals surface area (Å²) in [7, 11) is 0. The van der Waals surface area contributed by atoms with E-state index in [9.17, 15) is 4.79 Å². The largest absolute Gasteiger partial charge is 0.478 e. The Labute approximate surface area is 88.3 Å². The van der Waals surface area contributed by atoms with Gasteiger partial charge in [-0.15, -0.1) is 0 Å². The molecule has 0 aromatic carbocycles. The number of carbonyl (C=O) groups is 1. The molecule has 0 atom stereocenters. The minimum atomic E-state index is -0.915. The Morgan fingerprint density at radius 1 is 1.64 bits per heavy atom. The number of fused-ring (bicyclic) bond motifs is 1. The monoisotopic (exact) mass is 254 g/mol. The second-order valence-corrected chi connectivity index (χ2v) is 3.77. The summed E-state index contributed by atoms with van der Waals surface area (Å²) in [5.41, 5.74) is 1.80. The van der Waals surface area contributed by atoms with Gasteiger partial charge in [-0.3, -0.25) is 0 Å². The first-order valence-corrected chi connectivity index (χ1v) is 4.75. The van der Waals surface area contributed by atoms with Gasteiger partial charge >= 0.3 is 5.97 Å². The predicted octanol–water partition coefficient (Wildman–Crippen LogP) is 2.10. The van der Waals surface area contributed by atoms with Gasteiger partial charge in [-0.25, -0.2) is 9.78 Å². The van der Waals surface area contributed by atoms with Gasteiger partial charge in [0.2, 0.25) is 0 Å². The van der Waals surface area contributed by atoms with Crippen LogP contribution in [0, 0.1) is 6.92 Å². The summed E-state index contributed by atoms with van der Waals surface area (Å²) >= 11 is 3.23. The van der Waals surface area contributed by atoms with Crippen molar-refractivity contribution >= 4 is 27.4 Å². The fraction of sp³-hybridized carbons (Fsp3) is 0.111. The Morgan fingerprint density at radius 2 is 2.36 bits per heavy atom. The summed E-state index contributed by atoms with van der Waals surface area (Å²) in [6, 6.07) is 1.61. The fourth-order valence-corrected chi connectivity index (χ4v) is 1.71. The number of aromatic carboxylic acids is 1. The quantitative estimate of drug-likeness (QED) is 0.848.